The number of aryl methyl sites for hydroxylation is 1. The smallest absolute Gasteiger partial charge is 0.490 e. The van der Waals surface area contributed by atoms with Crippen molar-refractivity contribution < 1.29 is 42.1 Å². The molecule has 4 saturated heterocycles. The van der Waals surface area contributed by atoms with Crippen molar-refractivity contribution in [2.75, 3.05) is 62.2 Å². The molecule has 0 aliphatic carbocycles. The minimum absolute atomic E-state index is 0.226. The Bertz CT molecular complexity index is 2890. The maximum absolute atomic E-state index is 13.3. The van der Waals surface area contributed by atoms with Gasteiger partial charge in [-0.25, -0.2) is 19.6 Å². The predicted octanol–water partition coefficient (Wildman–Crippen LogP) is 7.39. The Morgan fingerprint density at radius 1 is 0.930 bits per heavy atom. The highest BCUT2D eigenvalue weighted by molar-refractivity contribution is 6.32. The number of aliphatic carboxylic acids is 1. The molecule has 4 aliphatic heterocycles. The van der Waals surface area contributed by atoms with Gasteiger partial charge in [-0.1, -0.05) is 37.6 Å². The molecule has 9 rings (SSSR count). The van der Waals surface area contributed by atoms with E-state index in [1.54, 1.807) is 16.2 Å². The predicted molar refractivity (Wildman–Crippen MR) is 260 cm³/mol. The van der Waals surface area contributed by atoms with Crippen molar-refractivity contribution in [3.05, 3.63) is 105 Å². The minimum Gasteiger partial charge on any atom is -0.491 e. The number of nitrogens with zero attached hydrogens (tertiary/aromatic N) is 8. The van der Waals surface area contributed by atoms with E-state index in [1.807, 2.05) is 61.7 Å². The average molecular weight is 1000 g/mol. The number of imide groups is 1. The minimum atomic E-state index is -5.08. The Morgan fingerprint density at radius 2 is 1.62 bits per heavy atom. The van der Waals surface area contributed by atoms with Crippen LogP contribution in [0.25, 0.3) is 11.0 Å². The van der Waals surface area contributed by atoms with Gasteiger partial charge >= 0.3 is 17.8 Å². The number of halogens is 4. The third-order valence-corrected chi connectivity index (χ3v) is 14.7. The van der Waals surface area contributed by atoms with Crippen molar-refractivity contribution in [1.29, 1.82) is 5.26 Å². The number of carbonyl (C=O) groups excluding carboxylic acids is 2. The number of amides is 2. The van der Waals surface area contributed by atoms with Gasteiger partial charge in [0.05, 0.1) is 33.9 Å². The summed E-state index contributed by atoms with van der Waals surface area (Å²) in [6, 6.07) is 21.3. The lowest BCUT2D eigenvalue weighted by Gasteiger charge is -2.55. The third-order valence-electron chi connectivity index (χ3n) is 14.4. The van der Waals surface area contributed by atoms with E-state index < -0.39 is 29.5 Å². The molecule has 71 heavy (non-hydrogen) atoms. The van der Waals surface area contributed by atoms with Crippen LogP contribution in [-0.2, 0) is 33.5 Å². The number of likely N-dealkylation sites (tertiary alicyclic amines) is 1. The lowest BCUT2D eigenvalue weighted by Crippen LogP contribution is -2.60. The Labute approximate surface area is 413 Å². The number of carboxylic acids is 1. The number of alkyl halides is 3. The number of rotatable bonds is 12. The summed E-state index contributed by atoms with van der Waals surface area (Å²) >= 11 is 6.55. The fourth-order valence-electron chi connectivity index (χ4n) is 10.2. The summed E-state index contributed by atoms with van der Waals surface area (Å²) in [7, 11) is 1.75. The van der Waals surface area contributed by atoms with Gasteiger partial charge in [0.2, 0.25) is 17.8 Å². The molecule has 376 valence electrons. The van der Waals surface area contributed by atoms with Crippen LogP contribution in [0.4, 0.5) is 24.8 Å². The van der Waals surface area contributed by atoms with Crippen molar-refractivity contribution in [3.63, 3.8) is 0 Å². The van der Waals surface area contributed by atoms with Crippen LogP contribution in [0.15, 0.2) is 71.7 Å². The molecule has 20 heteroatoms. The van der Waals surface area contributed by atoms with Crippen molar-refractivity contribution in [3.8, 4) is 17.6 Å². The number of anilines is 2. The van der Waals surface area contributed by atoms with Gasteiger partial charge < -0.3 is 29.3 Å². The van der Waals surface area contributed by atoms with E-state index in [0.717, 1.165) is 104 Å². The standard InChI is InChI=1S/C49H56ClN9O5.C2HF3O2/c1-5-63-44-33(27-51)24-35(25-39(44)50)48(2,3)34-6-9-38(10-7-34)64-29-36-14-19-52-46(53-36)57-20-15-32(16-21-57)28-56-22-17-49(18-23-56)30-58(31-49)37-8-11-40-42(26-37)55(4)47(62)59(40)41-12-13-43(60)54-45(41)61;3-2(4,5)1(6)7/h6-11,14,19,24-26,32,41H,5,12-13,15-18,20-23,28-31H2,1-4H3,(H,54,60,61);(H,6,7). The number of nitrogens with one attached hydrogen (secondary N) is 1. The molecule has 2 aromatic heterocycles. The number of ether oxygens (including phenoxy) is 2. The SMILES string of the molecule is CCOc1c(Cl)cc(C(C)(C)c2ccc(OCc3ccnc(N4CCC(CN5CCC6(CC5)CN(c5ccc7c(c5)n(C)c(=O)n7C5CCC(=O)NC5=O)C6)CC4)n3)cc2)cc1C#N.O=C(O)C(F)(F)F. The number of aromatic nitrogens is 4. The Morgan fingerprint density at radius 3 is 2.25 bits per heavy atom. The lowest BCUT2D eigenvalue weighted by atomic mass is 9.71. The molecular weight excluding hydrogens is 943 g/mol. The molecule has 4 fully saturated rings. The number of imidazole rings is 1. The third kappa shape index (κ3) is 11.0. The van der Waals surface area contributed by atoms with Crippen LogP contribution < -0.4 is 30.3 Å². The van der Waals surface area contributed by atoms with Crippen molar-refractivity contribution in [2.45, 2.75) is 83.5 Å². The first-order valence-corrected chi connectivity index (χ1v) is 24.2. The zero-order valence-corrected chi connectivity index (χ0v) is 40.9. The molecule has 1 spiro atoms. The van der Waals surface area contributed by atoms with Gasteiger partial charge in [0, 0.05) is 68.9 Å². The van der Waals surface area contributed by atoms with E-state index in [9.17, 15) is 32.8 Å². The summed E-state index contributed by atoms with van der Waals surface area (Å²) in [6.07, 6.45) is 1.88. The number of piperidine rings is 3. The molecule has 0 radical (unpaired) electrons. The van der Waals surface area contributed by atoms with Crippen LogP contribution >= 0.6 is 11.6 Å². The van der Waals surface area contributed by atoms with Crippen LogP contribution in [0, 0.1) is 22.7 Å². The van der Waals surface area contributed by atoms with Crippen LogP contribution in [0.2, 0.25) is 5.02 Å². The van der Waals surface area contributed by atoms with E-state index >= 15 is 0 Å². The normalized spacial score (nSPS) is 18.6. The van der Waals surface area contributed by atoms with E-state index in [-0.39, 0.29) is 18.0 Å². The van der Waals surface area contributed by atoms with Crippen molar-refractivity contribution in [1.82, 2.24) is 29.3 Å². The summed E-state index contributed by atoms with van der Waals surface area (Å²) in [4.78, 5) is 63.4. The molecule has 16 nitrogen and oxygen atoms in total. The number of fused-ring (bicyclic) bond motifs is 1. The number of benzene rings is 3. The molecule has 0 saturated carbocycles. The van der Waals surface area contributed by atoms with Crippen molar-refractivity contribution >= 4 is 52.1 Å². The fraction of sp³-hybridized carbons (Fsp3) is 0.471. The second-order valence-electron chi connectivity index (χ2n) is 19.4. The average Bonchev–Trinajstić information content (AvgIpc) is 3.58. The summed E-state index contributed by atoms with van der Waals surface area (Å²) in [5.41, 5.74) is 5.54. The highest BCUT2D eigenvalue weighted by Gasteiger charge is 2.45. The number of carboxylic acid groups (broad SMARTS) is 1. The van der Waals surface area contributed by atoms with Crippen LogP contribution in [0.1, 0.15) is 87.7 Å². The van der Waals surface area contributed by atoms with Gasteiger partial charge in [-0.15, -0.1) is 0 Å². The first-order valence-electron chi connectivity index (χ1n) is 23.8. The molecular formula is C51H57ClF3N9O7. The number of hydrogen-bond donors (Lipinski definition) is 2. The summed E-state index contributed by atoms with van der Waals surface area (Å²) in [6.45, 7) is 14.1. The second kappa shape index (κ2) is 20.6. The van der Waals surface area contributed by atoms with Gasteiger partial charge in [-0.05, 0) is 118 Å². The first-order chi connectivity index (χ1) is 33.8. The number of hydrogen-bond acceptors (Lipinski definition) is 12. The van der Waals surface area contributed by atoms with Gasteiger partial charge in [0.15, 0.2) is 5.75 Å². The van der Waals surface area contributed by atoms with E-state index in [4.69, 9.17) is 36.0 Å². The quantitative estimate of drug-likeness (QED) is 0.118. The maximum Gasteiger partial charge on any atom is 0.490 e. The maximum atomic E-state index is 13.3. The zero-order valence-electron chi connectivity index (χ0n) is 40.1. The second-order valence-corrected chi connectivity index (χ2v) is 19.8. The summed E-state index contributed by atoms with van der Waals surface area (Å²) in [5, 5.41) is 19.7. The molecule has 4 aliphatic rings. The van der Waals surface area contributed by atoms with Crippen LogP contribution in [0.5, 0.6) is 11.5 Å². The summed E-state index contributed by atoms with van der Waals surface area (Å²) < 4.78 is 46.7. The molecule has 5 aromatic rings. The van der Waals surface area contributed by atoms with E-state index in [1.165, 1.54) is 12.8 Å². The highest BCUT2D eigenvalue weighted by atomic mass is 35.5. The van der Waals surface area contributed by atoms with Gasteiger partial charge in [-0.3, -0.25) is 24.0 Å². The molecule has 2 amide bonds. The Hall–Kier alpha value is -6.65. The van der Waals surface area contributed by atoms with E-state index in [0.29, 0.717) is 47.3 Å². The topological polar surface area (TPSA) is 188 Å². The Balaban J connectivity index is 0.000000900. The summed E-state index contributed by atoms with van der Waals surface area (Å²) in [5.74, 6) is -0.894. The monoisotopic (exact) mass is 999 g/mol. The lowest BCUT2D eigenvalue weighted by molar-refractivity contribution is -0.192. The molecule has 1 atom stereocenters. The molecule has 6 heterocycles. The fourth-order valence-corrected chi connectivity index (χ4v) is 10.4. The molecule has 3 aromatic carbocycles. The van der Waals surface area contributed by atoms with Crippen molar-refractivity contribution in [2.24, 2.45) is 18.4 Å². The van der Waals surface area contributed by atoms with E-state index in [2.05, 4.69) is 57.0 Å². The van der Waals surface area contributed by atoms with Crippen LogP contribution in [0.3, 0.4) is 0 Å². The highest BCUT2D eigenvalue weighted by Crippen LogP contribution is 2.44. The number of nitriles is 1. The van der Waals surface area contributed by atoms with Gasteiger partial charge in [0.25, 0.3) is 0 Å². The largest absolute Gasteiger partial charge is 0.491 e. The first kappa shape index (κ1) is 50.7. The number of carbonyl (C=O) groups is 3. The van der Waals surface area contributed by atoms with Gasteiger partial charge in [0.1, 0.15) is 24.5 Å². The Kier molecular flexibility index (Phi) is 14.7. The molecule has 0 bridgehead atoms. The molecule has 1 unspecified atom stereocenters. The molecule has 2 N–H and O–H groups in total. The van der Waals surface area contributed by atoms with Gasteiger partial charge in [-0.2, -0.15) is 18.4 Å². The van der Waals surface area contributed by atoms with Crippen LogP contribution in [-0.4, -0.2) is 105 Å². The zero-order chi connectivity index (χ0) is 50.8.